The summed E-state index contributed by atoms with van der Waals surface area (Å²) in [4.78, 5) is 51.8. The molecule has 0 bridgehead atoms. The molecule has 0 aliphatic carbocycles. The monoisotopic (exact) mass is 867 g/mol. The van der Waals surface area contributed by atoms with Gasteiger partial charge in [0.15, 0.2) is 11.6 Å². The molecule has 2 unspecified atom stereocenters. The molecular weight excluding hydrogens is 812 g/mol. The number of hydrogen-bond acceptors (Lipinski definition) is 8. The quantitative estimate of drug-likeness (QED) is 0.0745. The number of Topliss-reactive ketones (excluding diaryl/α,β-unsaturated/α-hetero) is 4. The smallest absolute Gasteiger partial charge is 0.397 e. The molecule has 2 aromatic rings. The number of carbonyl (C=O) groups is 4. The molecule has 0 aliphatic heterocycles. The number of hydrogen-bond donors (Lipinski definition) is 0. The summed E-state index contributed by atoms with van der Waals surface area (Å²) in [7, 11) is 0.182. The largest absolute Gasteiger partial charge is 2.00 e. The van der Waals surface area contributed by atoms with Gasteiger partial charge >= 0.3 is 38.2 Å². The molecular formula is C36H56O8PtSi2+2. The summed E-state index contributed by atoms with van der Waals surface area (Å²) >= 11 is 0. The Morgan fingerprint density at radius 3 is 1.04 bits per heavy atom. The average molecular weight is 868 g/mol. The van der Waals surface area contributed by atoms with Crippen LogP contribution in [0.15, 0.2) is 60.7 Å². The molecule has 0 amide bonds. The normalized spacial score (nSPS) is 12.9. The van der Waals surface area contributed by atoms with E-state index in [1.54, 1.807) is 77.0 Å². The number of benzene rings is 2. The molecule has 0 N–H and O–H groups in total. The predicted octanol–water partition coefficient (Wildman–Crippen LogP) is 8.29. The van der Waals surface area contributed by atoms with Crippen molar-refractivity contribution in [1.82, 2.24) is 0 Å². The minimum atomic E-state index is -3.01. The summed E-state index contributed by atoms with van der Waals surface area (Å²) < 4.78 is 22.9. The Bertz CT molecular complexity index is 1120. The molecule has 0 saturated heterocycles. The van der Waals surface area contributed by atoms with E-state index in [1.165, 1.54) is 0 Å². The zero-order valence-electron chi connectivity index (χ0n) is 29.9. The molecule has 0 fully saturated rings. The van der Waals surface area contributed by atoms with Crippen molar-refractivity contribution in [1.29, 1.82) is 0 Å². The first-order valence-electron chi connectivity index (χ1n) is 16.3. The van der Waals surface area contributed by atoms with Gasteiger partial charge in [0.05, 0.1) is 0 Å². The maximum Gasteiger partial charge on any atom is 2.00 e. The Balaban J connectivity index is 0.000000882. The summed E-state index contributed by atoms with van der Waals surface area (Å²) in [5.41, 5.74) is -0.609. The minimum absolute atomic E-state index is 0. The van der Waals surface area contributed by atoms with Crippen LogP contribution in [0.25, 0.3) is 0 Å². The van der Waals surface area contributed by atoms with Crippen LogP contribution in [0.3, 0.4) is 0 Å². The van der Waals surface area contributed by atoms with E-state index in [4.69, 9.17) is 17.7 Å². The van der Waals surface area contributed by atoms with Gasteiger partial charge in [-0.2, -0.15) is 0 Å². The van der Waals surface area contributed by atoms with Gasteiger partial charge in [0, 0.05) is 52.4 Å². The molecule has 8 nitrogen and oxygen atoms in total. The topological polar surface area (TPSA) is 105 Å². The van der Waals surface area contributed by atoms with Gasteiger partial charge in [-0.25, -0.2) is 0 Å². The molecule has 0 radical (unpaired) electrons. The number of carbonyl (C=O) groups excluding carboxylic acids is 4. The van der Waals surface area contributed by atoms with Crippen molar-refractivity contribution in [2.45, 2.75) is 102 Å². The van der Waals surface area contributed by atoms with E-state index < -0.39 is 28.2 Å². The standard InChI is InChI=1S/2C18H28O4Si.Pt/c2*1-6-7-13-16(19)18(23(21-4,22-5)14(2)3)17(20)15-11-9-8-10-12-15;/h2*8-12,14,18H,6-7,13H2,1-5H3;/q;;+2. The van der Waals surface area contributed by atoms with E-state index in [0.717, 1.165) is 25.7 Å². The third-order valence-corrected chi connectivity index (χ3v) is 17.1. The average Bonchev–Trinajstić information content (AvgIpc) is 3.07. The van der Waals surface area contributed by atoms with Crippen LogP contribution in [0.4, 0.5) is 0 Å². The van der Waals surface area contributed by atoms with Gasteiger partial charge in [-0.3, -0.25) is 19.2 Å². The zero-order chi connectivity index (χ0) is 34.9. The molecule has 11 heteroatoms. The molecule has 264 valence electrons. The van der Waals surface area contributed by atoms with Gasteiger partial charge in [-0.1, -0.05) is 115 Å². The molecule has 0 heterocycles. The van der Waals surface area contributed by atoms with Crippen molar-refractivity contribution < 1.29 is 57.9 Å². The molecule has 0 aliphatic rings. The van der Waals surface area contributed by atoms with Crippen LogP contribution in [0.1, 0.15) is 101 Å². The second-order valence-corrected chi connectivity index (χ2v) is 20.0. The summed E-state index contributed by atoms with van der Waals surface area (Å²) in [5, 5.41) is 0. The molecule has 2 aromatic carbocycles. The van der Waals surface area contributed by atoms with Crippen LogP contribution >= 0.6 is 0 Å². The van der Waals surface area contributed by atoms with Crippen LogP contribution in [0.2, 0.25) is 22.2 Å². The maximum atomic E-state index is 13.1. The summed E-state index contributed by atoms with van der Waals surface area (Å²) in [5.74, 6) is -0.499. The fraction of sp³-hybridized carbons (Fsp3) is 0.556. The molecule has 47 heavy (non-hydrogen) atoms. The Morgan fingerprint density at radius 1 is 0.553 bits per heavy atom. The van der Waals surface area contributed by atoms with E-state index >= 15 is 0 Å². The Kier molecular flexibility index (Phi) is 21.7. The van der Waals surface area contributed by atoms with Crippen molar-refractivity contribution in [3.8, 4) is 0 Å². The van der Waals surface area contributed by atoms with Crippen molar-refractivity contribution in [3.05, 3.63) is 71.8 Å². The fourth-order valence-electron chi connectivity index (χ4n) is 5.88. The predicted molar refractivity (Wildman–Crippen MR) is 188 cm³/mol. The Hall–Kier alpha value is -1.92. The first-order chi connectivity index (χ1) is 21.9. The van der Waals surface area contributed by atoms with Gasteiger partial charge in [-0.05, 0) is 23.9 Å². The SMILES string of the molecule is CCCCC(=O)C(C(=O)c1ccccc1)[Si](OC)(OC)C(C)C.CCCCC(=O)C(C(=O)c1ccccc1)[Si](OC)(OC)C(C)C.[Pt+2]. The Labute approximate surface area is 299 Å². The van der Waals surface area contributed by atoms with Crippen LogP contribution < -0.4 is 0 Å². The molecule has 0 saturated carbocycles. The third-order valence-electron chi connectivity index (χ3n) is 8.53. The van der Waals surface area contributed by atoms with Crippen LogP contribution in [-0.2, 0) is 48.4 Å². The second kappa shape index (κ2) is 22.7. The summed E-state index contributed by atoms with van der Waals surface area (Å²) in [6, 6.07) is 17.9. The van der Waals surface area contributed by atoms with Gasteiger partial charge < -0.3 is 17.7 Å². The number of ketones is 4. The molecule has 0 spiro atoms. The van der Waals surface area contributed by atoms with Crippen molar-refractivity contribution in [2.75, 3.05) is 28.4 Å². The van der Waals surface area contributed by atoms with Crippen molar-refractivity contribution >= 4 is 40.3 Å². The summed E-state index contributed by atoms with van der Waals surface area (Å²) in [6.07, 6.45) is 4.13. The zero-order valence-corrected chi connectivity index (χ0v) is 34.2. The van der Waals surface area contributed by atoms with Crippen molar-refractivity contribution in [3.63, 3.8) is 0 Å². The first kappa shape index (κ1) is 45.1. The second-order valence-electron chi connectivity index (χ2n) is 12.0. The van der Waals surface area contributed by atoms with Crippen LogP contribution in [0.5, 0.6) is 0 Å². The number of rotatable bonds is 20. The van der Waals surface area contributed by atoms with Crippen LogP contribution in [-0.4, -0.2) is 68.7 Å². The van der Waals surface area contributed by atoms with Gasteiger partial charge in [0.25, 0.3) is 0 Å². The minimum Gasteiger partial charge on any atom is -0.397 e. The third kappa shape index (κ3) is 11.6. The van der Waals surface area contributed by atoms with Crippen LogP contribution in [0, 0.1) is 0 Å². The molecule has 0 aromatic heterocycles. The first-order valence-corrected chi connectivity index (χ1v) is 20.3. The van der Waals surface area contributed by atoms with E-state index in [2.05, 4.69) is 0 Å². The summed E-state index contributed by atoms with van der Waals surface area (Å²) in [6.45, 7) is 11.9. The van der Waals surface area contributed by atoms with E-state index in [0.29, 0.717) is 24.0 Å². The van der Waals surface area contributed by atoms with Gasteiger partial charge in [0.1, 0.15) is 22.6 Å². The molecule has 2 atom stereocenters. The number of unbranched alkanes of at least 4 members (excludes halogenated alkanes) is 2. The van der Waals surface area contributed by atoms with Gasteiger partial charge in [-0.15, -0.1) is 0 Å². The fourth-order valence-corrected chi connectivity index (χ4v) is 12.6. The van der Waals surface area contributed by atoms with E-state index in [9.17, 15) is 19.2 Å². The van der Waals surface area contributed by atoms with E-state index in [1.807, 2.05) is 53.7 Å². The maximum absolute atomic E-state index is 13.1. The van der Waals surface area contributed by atoms with Gasteiger partial charge in [0.2, 0.25) is 0 Å². The Morgan fingerprint density at radius 2 is 0.830 bits per heavy atom. The van der Waals surface area contributed by atoms with E-state index in [-0.39, 0.29) is 55.3 Å². The molecule has 2 rings (SSSR count). The van der Waals surface area contributed by atoms with Crippen molar-refractivity contribution in [2.24, 2.45) is 0 Å².